The normalized spacial score (nSPS) is 15.6. The van der Waals surface area contributed by atoms with Crippen LogP contribution in [0.1, 0.15) is 12.0 Å². The Morgan fingerprint density at radius 2 is 2.00 bits per heavy atom. The van der Waals surface area contributed by atoms with E-state index in [0.29, 0.717) is 13.1 Å². The third-order valence-electron chi connectivity index (χ3n) is 4.36. The number of nitrogens with zero attached hydrogens (tertiary/aromatic N) is 3. The van der Waals surface area contributed by atoms with Crippen molar-refractivity contribution in [1.82, 2.24) is 15.2 Å². The van der Waals surface area contributed by atoms with Gasteiger partial charge in [0.25, 0.3) is 0 Å². The Labute approximate surface area is 153 Å². The second kappa shape index (κ2) is 8.83. The van der Waals surface area contributed by atoms with E-state index >= 15 is 0 Å². The number of amides is 1. The van der Waals surface area contributed by atoms with Crippen LogP contribution in [0.3, 0.4) is 0 Å². The highest BCUT2D eigenvalue weighted by molar-refractivity contribution is 6.33. The van der Waals surface area contributed by atoms with Crippen LogP contribution in [-0.4, -0.2) is 48.5 Å². The molecule has 1 aromatic carbocycles. The number of rotatable bonds is 5. The lowest BCUT2D eigenvalue weighted by atomic mass is 10.2. The van der Waals surface area contributed by atoms with Crippen LogP contribution < -0.4 is 10.2 Å². The lowest BCUT2D eigenvalue weighted by Gasteiger charge is -2.24. The molecule has 132 valence electrons. The maximum atomic E-state index is 12.2. The van der Waals surface area contributed by atoms with Crippen LogP contribution in [0.2, 0.25) is 5.02 Å². The summed E-state index contributed by atoms with van der Waals surface area (Å²) in [6, 6.07) is 11.8. The molecular weight excluding hydrogens is 336 g/mol. The van der Waals surface area contributed by atoms with Crippen LogP contribution in [0.25, 0.3) is 0 Å². The highest BCUT2D eigenvalue weighted by atomic mass is 35.5. The molecule has 0 bridgehead atoms. The molecule has 1 aromatic heterocycles. The smallest absolute Gasteiger partial charge is 0.234 e. The fraction of sp³-hybridized carbons (Fsp3) is 0.368. The van der Waals surface area contributed by atoms with Crippen molar-refractivity contribution < 1.29 is 4.79 Å². The van der Waals surface area contributed by atoms with Crippen molar-refractivity contribution in [2.75, 3.05) is 37.6 Å². The van der Waals surface area contributed by atoms with Crippen molar-refractivity contribution in [3.63, 3.8) is 0 Å². The summed E-state index contributed by atoms with van der Waals surface area (Å²) in [7, 11) is 0. The second-order valence-corrected chi connectivity index (χ2v) is 6.61. The fourth-order valence-corrected chi connectivity index (χ4v) is 3.30. The first kappa shape index (κ1) is 17.7. The molecule has 1 fully saturated rings. The number of halogens is 1. The zero-order valence-electron chi connectivity index (χ0n) is 14.2. The first-order valence-electron chi connectivity index (χ1n) is 8.60. The summed E-state index contributed by atoms with van der Waals surface area (Å²) in [5, 5.41) is 3.75. The fourth-order valence-electron chi connectivity index (χ4n) is 3.04. The number of para-hydroxylation sites is 1. The zero-order valence-corrected chi connectivity index (χ0v) is 15.0. The summed E-state index contributed by atoms with van der Waals surface area (Å²) in [4.78, 5) is 20.8. The summed E-state index contributed by atoms with van der Waals surface area (Å²) in [6.45, 7) is 4.55. The van der Waals surface area contributed by atoms with Crippen LogP contribution in [0.5, 0.6) is 0 Å². The average molecular weight is 359 g/mol. The van der Waals surface area contributed by atoms with Gasteiger partial charge in [0.2, 0.25) is 5.91 Å². The molecular formula is C19H23ClN4O. The van der Waals surface area contributed by atoms with Gasteiger partial charge >= 0.3 is 0 Å². The number of nitrogens with one attached hydrogen (secondary N) is 1. The largest absolute Gasteiger partial charge is 0.369 e. The standard InChI is InChI=1S/C19H23ClN4O/c20-17-6-1-2-7-18(17)24-10-4-9-23(11-12-24)15-19(25)22-14-16-5-3-8-21-13-16/h1-3,5-8,13H,4,9-12,14-15H2,(H,22,25). The van der Waals surface area contributed by atoms with Crippen LogP contribution >= 0.6 is 11.6 Å². The van der Waals surface area contributed by atoms with Crippen LogP contribution in [0, 0.1) is 0 Å². The zero-order chi connectivity index (χ0) is 17.5. The molecule has 1 aliphatic heterocycles. The minimum Gasteiger partial charge on any atom is -0.369 e. The lowest BCUT2D eigenvalue weighted by molar-refractivity contribution is -0.122. The van der Waals surface area contributed by atoms with E-state index in [1.54, 1.807) is 12.4 Å². The number of hydrogen-bond acceptors (Lipinski definition) is 4. The van der Waals surface area contributed by atoms with E-state index in [9.17, 15) is 4.79 Å². The van der Waals surface area contributed by atoms with Gasteiger partial charge < -0.3 is 10.2 Å². The van der Waals surface area contributed by atoms with Gasteiger partial charge in [0.1, 0.15) is 0 Å². The van der Waals surface area contributed by atoms with Crippen molar-refractivity contribution in [3.8, 4) is 0 Å². The van der Waals surface area contributed by atoms with Crippen molar-refractivity contribution in [2.45, 2.75) is 13.0 Å². The molecule has 1 saturated heterocycles. The van der Waals surface area contributed by atoms with Crippen LogP contribution in [0.15, 0.2) is 48.8 Å². The summed E-state index contributed by atoms with van der Waals surface area (Å²) in [6.07, 6.45) is 4.52. The van der Waals surface area contributed by atoms with E-state index in [1.165, 1.54) is 0 Å². The van der Waals surface area contributed by atoms with Gasteiger partial charge in [0.05, 0.1) is 17.3 Å². The Morgan fingerprint density at radius 3 is 2.80 bits per heavy atom. The maximum Gasteiger partial charge on any atom is 0.234 e. The average Bonchev–Trinajstić information content (AvgIpc) is 2.87. The number of hydrogen-bond donors (Lipinski definition) is 1. The van der Waals surface area contributed by atoms with Gasteiger partial charge in [0.15, 0.2) is 0 Å². The highest BCUT2D eigenvalue weighted by Crippen LogP contribution is 2.25. The number of pyridine rings is 1. The Balaban J connectivity index is 1.48. The topological polar surface area (TPSA) is 48.5 Å². The number of aromatic nitrogens is 1. The minimum absolute atomic E-state index is 0.0510. The predicted molar refractivity (Wildman–Crippen MR) is 101 cm³/mol. The Morgan fingerprint density at radius 1 is 1.12 bits per heavy atom. The molecule has 0 unspecified atom stereocenters. The van der Waals surface area contributed by atoms with E-state index in [0.717, 1.165) is 48.9 Å². The first-order valence-corrected chi connectivity index (χ1v) is 8.97. The van der Waals surface area contributed by atoms with Gasteiger partial charge in [-0.05, 0) is 30.2 Å². The van der Waals surface area contributed by atoms with Crippen molar-refractivity contribution in [3.05, 3.63) is 59.4 Å². The number of benzene rings is 1. The summed E-state index contributed by atoms with van der Waals surface area (Å²) >= 11 is 6.31. The van der Waals surface area contributed by atoms with E-state index in [4.69, 9.17) is 11.6 Å². The molecule has 0 atom stereocenters. The van der Waals surface area contributed by atoms with Gasteiger partial charge in [-0.2, -0.15) is 0 Å². The van der Waals surface area contributed by atoms with E-state index in [-0.39, 0.29) is 5.91 Å². The lowest BCUT2D eigenvalue weighted by Crippen LogP contribution is -2.39. The first-order chi connectivity index (χ1) is 12.2. The van der Waals surface area contributed by atoms with Gasteiger partial charge in [0, 0.05) is 45.1 Å². The molecule has 25 heavy (non-hydrogen) atoms. The SMILES string of the molecule is O=C(CN1CCCN(c2ccccc2Cl)CC1)NCc1cccnc1. The Kier molecular flexibility index (Phi) is 6.25. The summed E-state index contributed by atoms with van der Waals surface area (Å²) in [5.74, 6) is 0.0510. The molecule has 0 spiro atoms. The highest BCUT2D eigenvalue weighted by Gasteiger charge is 2.18. The molecule has 1 amide bonds. The minimum atomic E-state index is 0.0510. The molecule has 2 aromatic rings. The van der Waals surface area contributed by atoms with Gasteiger partial charge in [-0.1, -0.05) is 29.8 Å². The molecule has 3 rings (SSSR count). The van der Waals surface area contributed by atoms with Gasteiger partial charge in [-0.3, -0.25) is 14.7 Å². The molecule has 1 N–H and O–H groups in total. The maximum absolute atomic E-state index is 12.2. The quantitative estimate of drug-likeness (QED) is 0.892. The number of carbonyl (C=O) groups is 1. The van der Waals surface area contributed by atoms with Gasteiger partial charge in [-0.15, -0.1) is 0 Å². The van der Waals surface area contributed by atoms with E-state index in [2.05, 4.69) is 26.2 Å². The Hall–Kier alpha value is -2.11. The van der Waals surface area contributed by atoms with Crippen molar-refractivity contribution >= 4 is 23.2 Å². The molecule has 0 radical (unpaired) electrons. The summed E-state index contributed by atoms with van der Waals surface area (Å²) in [5.41, 5.74) is 2.09. The molecule has 5 nitrogen and oxygen atoms in total. The Bertz CT molecular complexity index is 695. The van der Waals surface area contributed by atoms with Crippen molar-refractivity contribution in [1.29, 1.82) is 0 Å². The predicted octanol–water partition coefficient (Wildman–Crippen LogP) is 2.56. The van der Waals surface area contributed by atoms with Crippen LogP contribution in [0.4, 0.5) is 5.69 Å². The molecule has 6 heteroatoms. The monoisotopic (exact) mass is 358 g/mol. The third kappa shape index (κ3) is 5.18. The number of carbonyl (C=O) groups excluding carboxylic acids is 1. The molecule has 2 heterocycles. The van der Waals surface area contributed by atoms with Crippen molar-refractivity contribution in [2.24, 2.45) is 0 Å². The van der Waals surface area contributed by atoms with E-state index < -0.39 is 0 Å². The third-order valence-corrected chi connectivity index (χ3v) is 4.68. The molecule has 1 aliphatic rings. The van der Waals surface area contributed by atoms with Gasteiger partial charge in [-0.25, -0.2) is 0 Å². The van der Waals surface area contributed by atoms with E-state index in [1.807, 2.05) is 30.3 Å². The summed E-state index contributed by atoms with van der Waals surface area (Å²) < 4.78 is 0. The molecule has 0 aliphatic carbocycles. The van der Waals surface area contributed by atoms with Crippen LogP contribution in [-0.2, 0) is 11.3 Å². The molecule has 0 saturated carbocycles. The second-order valence-electron chi connectivity index (χ2n) is 6.21. The number of anilines is 1.